The molecule has 0 radical (unpaired) electrons. The molecule has 2 N–H and O–H groups in total. The lowest BCUT2D eigenvalue weighted by molar-refractivity contribution is -0.125. The number of carbonyl (C=O) groups is 2. The molecule has 0 heterocycles. The Morgan fingerprint density at radius 1 is 0.548 bits per heavy atom. The van der Waals surface area contributed by atoms with Crippen molar-refractivity contribution in [3.05, 3.63) is 120 Å². The maximum Gasteiger partial charge on any atom is 0.227 e. The fraction of sp³-hybridized carbons (Fsp3) is 0.278. The van der Waals surface area contributed by atoms with E-state index in [-0.39, 0.29) is 23.7 Å². The molecule has 0 aromatic heterocycles. The first-order valence-corrected chi connectivity index (χ1v) is 14.8. The summed E-state index contributed by atoms with van der Waals surface area (Å²) in [5, 5.41) is 6.09. The second kappa shape index (κ2) is 14.9. The minimum atomic E-state index is -0.113. The van der Waals surface area contributed by atoms with Crippen LogP contribution >= 0.6 is 0 Å². The van der Waals surface area contributed by atoms with Crippen LogP contribution in [0.25, 0.3) is 0 Å². The summed E-state index contributed by atoms with van der Waals surface area (Å²) in [6.07, 6.45) is 4.36. The first kappa shape index (κ1) is 28.9. The summed E-state index contributed by atoms with van der Waals surface area (Å²) in [6.45, 7) is 1.14. The molecule has 1 saturated carbocycles. The minimum absolute atomic E-state index is 0.00403. The van der Waals surface area contributed by atoms with E-state index in [2.05, 4.69) is 34.9 Å². The van der Waals surface area contributed by atoms with Gasteiger partial charge in [-0.1, -0.05) is 72.8 Å². The lowest BCUT2D eigenvalue weighted by Crippen LogP contribution is -2.32. The van der Waals surface area contributed by atoms with E-state index < -0.39 is 0 Å². The van der Waals surface area contributed by atoms with Crippen LogP contribution in [0.15, 0.2) is 109 Å². The van der Waals surface area contributed by atoms with Gasteiger partial charge in [-0.05, 0) is 61.1 Å². The van der Waals surface area contributed by atoms with Gasteiger partial charge in [0, 0.05) is 48.2 Å². The fourth-order valence-corrected chi connectivity index (χ4v) is 5.30. The van der Waals surface area contributed by atoms with Crippen molar-refractivity contribution in [1.82, 2.24) is 0 Å². The highest BCUT2D eigenvalue weighted by Crippen LogP contribution is 2.31. The van der Waals surface area contributed by atoms with Gasteiger partial charge in [-0.15, -0.1) is 0 Å². The Bertz CT molecular complexity index is 1320. The molecule has 0 atom stereocenters. The minimum Gasteiger partial charge on any atom is -0.493 e. The Kier molecular flexibility index (Phi) is 10.2. The Morgan fingerprint density at radius 3 is 1.36 bits per heavy atom. The van der Waals surface area contributed by atoms with Gasteiger partial charge in [-0.3, -0.25) is 9.59 Å². The summed E-state index contributed by atoms with van der Waals surface area (Å²) >= 11 is 0. The highest BCUT2D eigenvalue weighted by Gasteiger charge is 2.30. The van der Waals surface area contributed by atoms with Crippen molar-refractivity contribution in [2.45, 2.75) is 38.5 Å². The summed E-state index contributed by atoms with van der Waals surface area (Å²) in [5.74, 6) is 1.23. The lowest BCUT2D eigenvalue weighted by atomic mass is 9.81. The molecule has 0 unspecified atom stereocenters. The first-order valence-electron chi connectivity index (χ1n) is 14.8. The van der Waals surface area contributed by atoms with E-state index in [1.807, 2.05) is 84.9 Å². The van der Waals surface area contributed by atoms with Gasteiger partial charge in [0.1, 0.15) is 11.5 Å². The zero-order valence-corrected chi connectivity index (χ0v) is 23.8. The molecule has 42 heavy (non-hydrogen) atoms. The molecule has 4 aromatic rings. The van der Waals surface area contributed by atoms with Gasteiger partial charge in [0.15, 0.2) is 0 Å². The molecule has 5 rings (SSSR count). The van der Waals surface area contributed by atoms with Crippen molar-refractivity contribution in [3.63, 3.8) is 0 Å². The zero-order chi connectivity index (χ0) is 29.0. The van der Waals surface area contributed by atoms with Crippen molar-refractivity contribution in [3.8, 4) is 11.5 Å². The molecule has 0 aliphatic heterocycles. The van der Waals surface area contributed by atoms with Crippen LogP contribution < -0.4 is 20.1 Å². The third-order valence-electron chi connectivity index (χ3n) is 7.68. The predicted octanol–water partition coefficient (Wildman–Crippen LogP) is 7.31. The number of amides is 2. The molecule has 4 aromatic carbocycles. The Hall–Kier alpha value is -4.58. The van der Waals surface area contributed by atoms with Gasteiger partial charge in [0.25, 0.3) is 0 Å². The van der Waals surface area contributed by atoms with Gasteiger partial charge in [0.05, 0.1) is 13.2 Å². The number of hydrogen-bond acceptors (Lipinski definition) is 4. The molecular weight excluding hydrogens is 524 g/mol. The third kappa shape index (κ3) is 8.71. The van der Waals surface area contributed by atoms with Crippen LogP contribution in [0, 0.1) is 11.8 Å². The van der Waals surface area contributed by atoms with E-state index in [9.17, 15) is 9.59 Å². The van der Waals surface area contributed by atoms with Crippen LogP contribution in [0.4, 0.5) is 11.4 Å². The molecular formula is C36H38N2O4. The van der Waals surface area contributed by atoms with Gasteiger partial charge in [0.2, 0.25) is 11.8 Å². The average molecular weight is 563 g/mol. The highest BCUT2D eigenvalue weighted by atomic mass is 16.5. The summed E-state index contributed by atoms with van der Waals surface area (Å²) in [5.41, 5.74) is 3.90. The quantitative estimate of drug-likeness (QED) is 0.190. The topological polar surface area (TPSA) is 76.7 Å². The lowest BCUT2D eigenvalue weighted by Gasteiger charge is -2.27. The van der Waals surface area contributed by atoms with Gasteiger partial charge >= 0.3 is 0 Å². The van der Waals surface area contributed by atoms with Gasteiger partial charge < -0.3 is 20.1 Å². The van der Waals surface area contributed by atoms with Gasteiger partial charge in [-0.25, -0.2) is 0 Å². The molecule has 0 bridgehead atoms. The molecule has 2 amide bonds. The van der Waals surface area contributed by atoms with Gasteiger partial charge in [-0.2, -0.15) is 0 Å². The third-order valence-corrected chi connectivity index (χ3v) is 7.68. The van der Waals surface area contributed by atoms with Crippen LogP contribution in [0.5, 0.6) is 11.5 Å². The molecule has 1 fully saturated rings. The van der Waals surface area contributed by atoms with Crippen molar-refractivity contribution in [2.24, 2.45) is 11.8 Å². The maximum absolute atomic E-state index is 13.0. The normalized spacial score (nSPS) is 16.3. The Labute approximate surface area is 248 Å². The highest BCUT2D eigenvalue weighted by molar-refractivity contribution is 5.94. The molecule has 6 nitrogen and oxygen atoms in total. The average Bonchev–Trinajstić information content (AvgIpc) is 3.02. The summed E-state index contributed by atoms with van der Waals surface area (Å²) in [4.78, 5) is 26.0. The van der Waals surface area contributed by atoms with Crippen molar-refractivity contribution < 1.29 is 19.1 Å². The first-order chi connectivity index (χ1) is 20.6. The molecule has 1 aliphatic rings. The van der Waals surface area contributed by atoms with Crippen molar-refractivity contribution in [2.75, 3.05) is 23.8 Å². The SMILES string of the molecule is O=C(Nc1cccc(OCCc2ccccc2)c1)C1CCC(C(=O)Nc2cccc(OCCc3ccccc3)c2)CC1. The molecule has 6 heteroatoms. The van der Waals surface area contributed by atoms with Crippen LogP contribution in [-0.2, 0) is 22.4 Å². The standard InChI is InChI=1S/C36H38N2O4/c39-35(37-31-13-7-15-33(25-31)41-23-21-27-9-3-1-4-10-27)29-17-19-30(20-18-29)36(40)38-32-14-8-16-34(26-32)42-24-22-28-11-5-2-6-12-28/h1-16,25-26,29-30H,17-24H2,(H,37,39)(H,38,40). The fourth-order valence-electron chi connectivity index (χ4n) is 5.30. The van der Waals surface area contributed by atoms with Crippen LogP contribution in [0.1, 0.15) is 36.8 Å². The number of nitrogens with one attached hydrogen (secondary N) is 2. The van der Waals surface area contributed by atoms with Crippen LogP contribution in [0.3, 0.4) is 0 Å². The van der Waals surface area contributed by atoms with E-state index in [4.69, 9.17) is 9.47 Å². The second-order valence-electron chi connectivity index (χ2n) is 10.8. The number of rotatable bonds is 12. The smallest absolute Gasteiger partial charge is 0.227 e. The Morgan fingerprint density at radius 2 is 0.952 bits per heavy atom. The Balaban J connectivity index is 1.04. The van der Waals surface area contributed by atoms with Crippen LogP contribution in [0.2, 0.25) is 0 Å². The largest absolute Gasteiger partial charge is 0.493 e. The van der Waals surface area contributed by atoms with Crippen molar-refractivity contribution in [1.29, 1.82) is 0 Å². The second-order valence-corrected chi connectivity index (χ2v) is 10.8. The molecule has 1 aliphatic carbocycles. The number of anilines is 2. The number of carbonyl (C=O) groups excluding carboxylic acids is 2. The summed E-state index contributed by atoms with van der Waals surface area (Å²) in [7, 11) is 0. The monoisotopic (exact) mass is 562 g/mol. The summed E-state index contributed by atoms with van der Waals surface area (Å²) < 4.78 is 11.8. The molecule has 0 spiro atoms. The van der Waals surface area contributed by atoms with E-state index in [0.717, 1.165) is 35.7 Å². The van der Waals surface area contributed by atoms with Crippen LogP contribution in [-0.4, -0.2) is 25.0 Å². The number of ether oxygens (including phenoxy) is 2. The molecule has 216 valence electrons. The number of benzene rings is 4. The predicted molar refractivity (Wildman–Crippen MR) is 167 cm³/mol. The van der Waals surface area contributed by atoms with Crippen molar-refractivity contribution >= 4 is 23.2 Å². The van der Waals surface area contributed by atoms with E-state index in [1.54, 1.807) is 0 Å². The maximum atomic E-state index is 13.0. The van der Waals surface area contributed by atoms with E-state index in [1.165, 1.54) is 11.1 Å². The zero-order valence-electron chi connectivity index (χ0n) is 23.8. The van der Waals surface area contributed by atoms with E-state index in [0.29, 0.717) is 38.9 Å². The summed E-state index contributed by atoms with van der Waals surface area (Å²) in [6, 6.07) is 35.5. The van der Waals surface area contributed by atoms with E-state index >= 15 is 0 Å². The number of hydrogen-bond donors (Lipinski definition) is 2. The molecule has 0 saturated heterocycles.